The molecule has 4 N–H and O–H groups in total. The molecule has 1 aromatic carbocycles. The van der Waals surface area contributed by atoms with E-state index in [0.29, 0.717) is 30.3 Å². The molecule has 2 amide bonds. The predicted molar refractivity (Wildman–Crippen MR) is 78.8 cm³/mol. The van der Waals surface area contributed by atoms with Crippen molar-refractivity contribution >= 4 is 11.8 Å². The van der Waals surface area contributed by atoms with Crippen LogP contribution < -0.4 is 16.2 Å². The average Bonchev–Trinajstić information content (AvgIpc) is 2.86. The molecule has 114 valence electrons. The van der Waals surface area contributed by atoms with Crippen LogP contribution in [0.5, 0.6) is 5.75 Å². The van der Waals surface area contributed by atoms with Gasteiger partial charge in [0, 0.05) is 18.2 Å². The highest BCUT2D eigenvalue weighted by molar-refractivity contribution is 5.92. The zero-order valence-corrected chi connectivity index (χ0v) is 12.1. The zero-order chi connectivity index (χ0) is 15.4. The second-order valence-corrected chi connectivity index (χ2v) is 5.41. The van der Waals surface area contributed by atoms with Crippen LogP contribution >= 0.6 is 0 Å². The molecule has 1 aromatic rings. The maximum Gasteiger partial charge on any atom is 0.260 e. The molecule has 21 heavy (non-hydrogen) atoms. The minimum absolute atomic E-state index is 0.0163. The second kappa shape index (κ2) is 6.58. The van der Waals surface area contributed by atoms with Gasteiger partial charge in [0.1, 0.15) is 5.75 Å². The lowest BCUT2D eigenvalue weighted by molar-refractivity contribution is -0.134. The van der Waals surface area contributed by atoms with Gasteiger partial charge in [0.25, 0.3) is 5.91 Å². The highest BCUT2D eigenvalue weighted by Gasteiger charge is 2.31. The van der Waals surface area contributed by atoms with Crippen LogP contribution in [0.2, 0.25) is 0 Å². The van der Waals surface area contributed by atoms with E-state index in [1.165, 1.54) is 0 Å². The predicted octanol–water partition coefficient (Wildman–Crippen LogP) is 0.360. The van der Waals surface area contributed by atoms with Crippen LogP contribution in [0.3, 0.4) is 0 Å². The molecule has 1 aliphatic rings. The smallest absolute Gasteiger partial charge is 0.260 e. The minimum Gasteiger partial charge on any atom is -0.484 e. The van der Waals surface area contributed by atoms with Gasteiger partial charge in [-0.1, -0.05) is 0 Å². The fraction of sp³-hybridized carbons (Fsp3) is 0.467. The average molecular weight is 291 g/mol. The fourth-order valence-corrected chi connectivity index (χ4v) is 2.60. The Kier molecular flexibility index (Phi) is 4.80. The number of primary amides is 1. The van der Waals surface area contributed by atoms with Crippen LogP contribution in [-0.2, 0) is 4.79 Å². The fourth-order valence-electron chi connectivity index (χ4n) is 2.60. The summed E-state index contributed by atoms with van der Waals surface area (Å²) in [5, 5.41) is 0. The lowest BCUT2D eigenvalue weighted by atomic mass is 10.1. The largest absolute Gasteiger partial charge is 0.484 e. The summed E-state index contributed by atoms with van der Waals surface area (Å²) >= 11 is 0. The van der Waals surface area contributed by atoms with Gasteiger partial charge in [-0.3, -0.25) is 9.59 Å². The van der Waals surface area contributed by atoms with Crippen molar-refractivity contribution in [2.75, 3.05) is 19.7 Å². The molecule has 0 radical (unpaired) electrons. The normalized spacial score (nSPS) is 21.3. The third-order valence-corrected chi connectivity index (χ3v) is 3.82. The van der Waals surface area contributed by atoms with Crippen molar-refractivity contribution in [2.24, 2.45) is 17.4 Å². The molecule has 6 heteroatoms. The van der Waals surface area contributed by atoms with E-state index in [1.807, 2.05) is 11.8 Å². The number of benzene rings is 1. The molecule has 2 unspecified atom stereocenters. The molecule has 1 heterocycles. The van der Waals surface area contributed by atoms with Crippen LogP contribution in [0, 0.1) is 5.92 Å². The molecule has 0 bridgehead atoms. The summed E-state index contributed by atoms with van der Waals surface area (Å²) in [5.74, 6) is 0.378. The van der Waals surface area contributed by atoms with Crippen LogP contribution in [0.15, 0.2) is 24.3 Å². The van der Waals surface area contributed by atoms with E-state index in [-0.39, 0.29) is 18.6 Å². The van der Waals surface area contributed by atoms with Crippen LogP contribution in [0.1, 0.15) is 23.7 Å². The number of carbonyl (C=O) groups excluding carboxylic acids is 2. The van der Waals surface area contributed by atoms with Gasteiger partial charge in [-0.05, 0) is 50.1 Å². The number of nitrogens with zero attached hydrogens (tertiary/aromatic N) is 1. The van der Waals surface area contributed by atoms with Gasteiger partial charge in [0.05, 0.1) is 0 Å². The lowest BCUT2D eigenvalue weighted by Gasteiger charge is -2.21. The van der Waals surface area contributed by atoms with Crippen molar-refractivity contribution in [3.63, 3.8) is 0 Å². The summed E-state index contributed by atoms with van der Waals surface area (Å²) < 4.78 is 5.46. The number of rotatable bonds is 5. The van der Waals surface area contributed by atoms with Gasteiger partial charge in [-0.2, -0.15) is 0 Å². The zero-order valence-electron chi connectivity index (χ0n) is 12.1. The maximum absolute atomic E-state index is 12.2. The molecule has 0 saturated carbocycles. The molecule has 1 aliphatic heterocycles. The highest BCUT2D eigenvalue weighted by atomic mass is 16.5. The van der Waals surface area contributed by atoms with Crippen LogP contribution in [-0.4, -0.2) is 42.5 Å². The second-order valence-electron chi connectivity index (χ2n) is 5.41. The first-order valence-electron chi connectivity index (χ1n) is 7.03. The summed E-state index contributed by atoms with van der Waals surface area (Å²) in [6.07, 6.45) is 0.940. The Morgan fingerprint density at radius 2 is 2.00 bits per heavy atom. The Hall–Kier alpha value is -2.08. The lowest BCUT2D eigenvalue weighted by Crippen LogP contribution is -2.37. The number of ether oxygens (including phenoxy) is 1. The van der Waals surface area contributed by atoms with E-state index >= 15 is 0 Å². The van der Waals surface area contributed by atoms with E-state index in [9.17, 15) is 9.59 Å². The van der Waals surface area contributed by atoms with Crippen molar-refractivity contribution < 1.29 is 14.3 Å². The van der Waals surface area contributed by atoms with Crippen molar-refractivity contribution in [2.45, 2.75) is 19.4 Å². The Morgan fingerprint density at radius 1 is 1.33 bits per heavy atom. The number of amides is 2. The monoisotopic (exact) mass is 291 g/mol. The molecule has 0 aromatic heterocycles. The van der Waals surface area contributed by atoms with Gasteiger partial charge < -0.3 is 21.1 Å². The third-order valence-electron chi connectivity index (χ3n) is 3.82. The highest BCUT2D eigenvalue weighted by Crippen LogP contribution is 2.22. The molecular weight excluding hydrogens is 270 g/mol. The Labute approximate surface area is 124 Å². The first-order chi connectivity index (χ1) is 10.0. The topological polar surface area (TPSA) is 98.7 Å². The Bertz CT molecular complexity index is 515. The van der Waals surface area contributed by atoms with Crippen LogP contribution in [0.25, 0.3) is 0 Å². The summed E-state index contributed by atoms with van der Waals surface area (Å²) in [6, 6.07) is 6.61. The quantitative estimate of drug-likeness (QED) is 0.818. The van der Waals surface area contributed by atoms with Crippen molar-refractivity contribution in [3.8, 4) is 5.75 Å². The van der Waals surface area contributed by atoms with Crippen LogP contribution in [0.4, 0.5) is 0 Å². The Morgan fingerprint density at radius 3 is 2.52 bits per heavy atom. The van der Waals surface area contributed by atoms with E-state index in [2.05, 4.69) is 0 Å². The van der Waals surface area contributed by atoms with Gasteiger partial charge in [0.2, 0.25) is 5.91 Å². The van der Waals surface area contributed by atoms with Gasteiger partial charge >= 0.3 is 0 Å². The number of hydrogen-bond acceptors (Lipinski definition) is 4. The molecule has 1 fully saturated rings. The standard InChI is InChI=1S/C15H21N3O3/c1-10-6-11(7-16)8-18(10)14(19)9-21-13-4-2-12(3-5-13)15(17)20/h2-5,10-11H,6-9,16H2,1H3,(H2,17,20). The molecule has 2 rings (SSSR count). The van der Waals surface area contributed by atoms with Crippen molar-refractivity contribution in [3.05, 3.63) is 29.8 Å². The van der Waals surface area contributed by atoms with E-state index in [1.54, 1.807) is 24.3 Å². The third kappa shape index (κ3) is 3.72. The maximum atomic E-state index is 12.2. The van der Waals surface area contributed by atoms with E-state index in [0.717, 1.165) is 6.42 Å². The van der Waals surface area contributed by atoms with Gasteiger partial charge in [-0.25, -0.2) is 0 Å². The van der Waals surface area contributed by atoms with E-state index in [4.69, 9.17) is 16.2 Å². The Balaban J connectivity index is 1.88. The molecule has 2 atom stereocenters. The number of likely N-dealkylation sites (tertiary alicyclic amines) is 1. The molecule has 0 aliphatic carbocycles. The molecule has 0 spiro atoms. The number of nitrogens with two attached hydrogens (primary N) is 2. The van der Waals surface area contributed by atoms with Gasteiger partial charge in [0.15, 0.2) is 6.61 Å². The van der Waals surface area contributed by atoms with Crippen molar-refractivity contribution in [1.29, 1.82) is 0 Å². The molecule has 6 nitrogen and oxygen atoms in total. The van der Waals surface area contributed by atoms with Gasteiger partial charge in [-0.15, -0.1) is 0 Å². The first kappa shape index (κ1) is 15.3. The van der Waals surface area contributed by atoms with E-state index < -0.39 is 5.91 Å². The molecular formula is C15H21N3O3. The number of carbonyl (C=O) groups is 2. The summed E-state index contributed by atoms with van der Waals surface area (Å²) in [5.41, 5.74) is 11.2. The number of hydrogen-bond donors (Lipinski definition) is 2. The first-order valence-corrected chi connectivity index (χ1v) is 7.03. The molecule has 1 saturated heterocycles. The summed E-state index contributed by atoms with van der Waals surface area (Å²) in [6.45, 7) is 3.30. The summed E-state index contributed by atoms with van der Waals surface area (Å²) in [4.78, 5) is 24.9. The summed E-state index contributed by atoms with van der Waals surface area (Å²) in [7, 11) is 0. The minimum atomic E-state index is -0.489. The SMILES string of the molecule is CC1CC(CN)CN1C(=O)COc1ccc(C(N)=O)cc1. The van der Waals surface area contributed by atoms with Crippen molar-refractivity contribution in [1.82, 2.24) is 4.90 Å².